The largest absolute Gasteiger partial charge is 0.241 e. The molecule has 7 aromatic carbocycles. The molecule has 6 nitrogen and oxygen atoms in total. The smallest absolute Gasteiger partial charge is 0.120 e. The third-order valence-corrected chi connectivity index (χ3v) is 13.2. The third kappa shape index (κ3) is 7.56. The number of benzene rings is 7. The fourth-order valence-electron chi connectivity index (χ4n) is 7.15. The Kier molecular flexibility index (Phi) is 10.8. The summed E-state index contributed by atoms with van der Waals surface area (Å²) in [7, 11) is 0. The highest BCUT2D eigenvalue weighted by atomic mass is 79.9. The Morgan fingerprint density at radius 1 is 0.183 bits per heavy atom. The van der Waals surface area contributed by atoms with Crippen LogP contribution in [0.25, 0.3) is 101 Å². The van der Waals surface area contributed by atoms with Crippen LogP contribution >= 0.6 is 95.6 Å². The number of hydrogen-bond acceptors (Lipinski definition) is 6. The van der Waals surface area contributed by atoms with Gasteiger partial charge in [0.2, 0.25) is 0 Å². The Morgan fingerprint density at radius 2 is 0.300 bits per heavy atom. The van der Waals surface area contributed by atoms with Crippen molar-refractivity contribution in [3.8, 4) is 67.5 Å². The summed E-state index contributed by atoms with van der Waals surface area (Å²) in [6.45, 7) is 0. The van der Waals surface area contributed by atoms with E-state index in [0.717, 1.165) is 60.2 Å². The van der Waals surface area contributed by atoms with E-state index in [2.05, 4.69) is 95.6 Å². The second-order valence-corrected chi connectivity index (χ2v) is 19.4. The topological polar surface area (TPSA) is 77.3 Å². The van der Waals surface area contributed by atoms with Gasteiger partial charge in [-0.1, -0.05) is 168 Å². The average Bonchev–Trinajstić information content (AvgIpc) is 3.27. The molecule has 3 aromatic heterocycles. The van der Waals surface area contributed by atoms with Gasteiger partial charge in [-0.3, -0.25) is 0 Å². The van der Waals surface area contributed by atoms with Crippen LogP contribution in [0.1, 0.15) is 0 Å². The Bertz CT molecular complexity index is 2670. The number of halogens is 6. The van der Waals surface area contributed by atoms with Gasteiger partial charge in [0.1, 0.15) is 33.1 Å². The molecule has 0 amide bonds. The number of fused-ring (bicyclic) bond motifs is 6. The van der Waals surface area contributed by atoms with Crippen molar-refractivity contribution in [2.75, 3.05) is 0 Å². The molecule has 3 heterocycles. The minimum Gasteiger partial charge on any atom is -0.241 e. The van der Waals surface area contributed by atoms with Gasteiger partial charge < -0.3 is 0 Å². The van der Waals surface area contributed by atoms with Gasteiger partial charge in [0.05, 0.1) is 34.2 Å². The van der Waals surface area contributed by atoms with E-state index >= 15 is 0 Å². The summed E-state index contributed by atoms with van der Waals surface area (Å²) in [5.74, 6) is 0. The van der Waals surface area contributed by atoms with Crippen molar-refractivity contribution in [1.29, 1.82) is 0 Å². The Morgan fingerprint density at radius 3 is 0.417 bits per heavy atom. The van der Waals surface area contributed by atoms with E-state index in [1.54, 1.807) is 0 Å². The number of aromatic nitrogens is 6. The van der Waals surface area contributed by atoms with E-state index < -0.39 is 0 Å². The minimum atomic E-state index is 0.567. The molecule has 0 radical (unpaired) electrons. The highest BCUT2D eigenvalue weighted by molar-refractivity contribution is 9.11. The van der Waals surface area contributed by atoms with Gasteiger partial charge in [-0.2, -0.15) is 0 Å². The second kappa shape index (κ2) is 16.4. The van der Waals surface area contributed by atoms with Crippen molar-refractivity contribution in [1.82, 2.24) is 29.9 Å². The van der Waals surface area contributed by atoms with Gasteiger partial charge in [-0.15, -0.1) is 0 Å². The van der Waals surface area contributed by atoms with Crippen molar-refractivity contribution >= 4 is 129 Å². The molecule has 10 aromatic rings. The molecule has 10 rings (SSSR count). The molecule has 0 saturated heterocycles. The Hall–Kier alpha value is -4.56. The zero-order valence-corrected chi connectivity index (χ0v) is 40.3. The summed E-state index contributed by atoms with van der Waals surface area (Å²) >= 11 is 21.7. The number of hydrogen-bond donors (Lipinski definition) is 0. The highest BCUT2D eigenvalue weighted by Gasteiger charge is 2.26. The van der Waals surface area contributed by atoms with Crippen molar-refractivity contribution in [2.24, 2.45) is 0 Å². The van der Waals surface area contributed by atoms with Gasteiger partial charge in [0, 0.05) is 60.2 Å². The quantitative estimate of drug-likeness (QED) is 0.154. The van der Waals surface area contributed by atoms with E-state index in [9.17, 15) is 0 Å². The van der Waals surface area contributed by atoms with Crippen molar-refractivity contribution < 1.29 is 0 Å². The van der Waals surface area contributed by atoms with E-state index in [1.165, 1.54) is 0 Å². The molecule has 12 heteroatoms. The minimum absolute atomic E-state index is 0.567. The van der Waals surface area contributed by atoms with Crippen molar-refractivity contribution in [3.63, 3.8) is 0 Å². The summed E-state index contributed by atoms with van der Waals surface area (Å²) in [6, 6.07) is 48.7. The van der Waals surface area contributed by atoms with E-state index in [1.807, 2.05) is 146 Å². The monoisotopic (exact) mass is 1160 g/mol. The van der Waals surface area contributed by atoms with Crippen LogP contribution in [0, 0.1) is 0 Å². The lowest BCUT2D eigenvalue weighted by Crippen LogP contribution is -2.04. The zero-order chi connectivity index (χ0) is 41.1. The van der Waals surface area contributed by atoms with Gasteiger partial charge >= 0.3 is 0 Å². The summed E-state index contributed by atoms with van der Waals surface area (Å²) in [5.41, 5.74) is 13.0. The van der Waals surface area contributed by atoms with E-state index in [-0.39, 0.29) is 0 Å². The number of rotatable bonds is 6. The zero-order valence-electron chi connectivity index (χ0n) is 30.8. The molecule has 0 atom stereocenters. The predicted molar refractivity (Wildman–Crippen MR) is 265 cm³/mol. The lowest BCUT2D eigenvalue weighted by Gasteiger charge is -2.17. The summed E-state index contributed by atoms with van der Waals surface area (Å²) < 4.78 is 5.77. The molecule has 0 N–H and O–H groups in total. The molecular weight excluding hydrogens is 1140 g/mol. The van der Waals surface area contributed by atoms with Gasteiger partial charge in [0.25, 0.3) is 0 Å². The molecule has 288 valence electrons. The molecule has 0 bridgehead atoms. The first-order valence-electron chi connectivity index (χ1n) is 18.5. The SMILES string of the molecule is Brc1ccc(-c2nc3c4nc(-c5ccc(Br)cc5)c(-c5ccc(Br)cc5)nc4c4nc(-c5ccc(Br)cc5)c(-c5ccc(Br)cc5)nc4c3nc2-c2ccc(Br)cc2)cc1. The normalized spacial score (nSPS) is 11.5. The summed E-state index contributed by atoms with van der Waals surface area (Å²) in [5, 5.41) is 0. The van der Waals surface area contributed by atoms with E-state index in [0.29, 0.717) is 67.3 Å². The number of nitrogens with zero attached hydrogens (tertiary/aromatic N) is 6. The fourth-order valence-corrected chi connectivity index (χ4v) is 8.74. The first-order chi connectivity index (χ1) is 29.2. The molecule has 0 unspecified atom stereocenters. The van der Waals surface area contributed by atoms with Crippen LogP contribution in [-0.2, 0) is 0 Å². The van der Waals surface area contributed by atoms with Crippen LogP contribution in [0.4, 0.5) is 0 Å². The van der Waals surface area contributed by atoms with Crippen LogP contribution in [0.5, 0.6) is 0 Å². The fraction of sp³-hybridized carbons (Fsp3) is 0. The van der Waals surface area contributed by atoms with Crippen LogP contribution in [-0.4, -0.2) is 29.9 Å². The Labute approximate surface area is 394 Å². The molecule has 0 saturated carbocycles. The van der Waals surface area contributed by atoms with Gasteiger partial charge in [-0.25, -0.2) is 29.9 Å². The van der Waals surface area contributed by atoms with Crippen LogP contribution < -0.4 is 0 Å². The first kappa shape index (κ1) is 39.6. The molecule has 60 heavy (non-hydrogen) atoms. The first-order valence-corrected chi connectivity index (χ1v) is 23.3. The molecule has 0 aliphatic carbocycles. The standard InChI is InChI=1S/C48H24Br6N6/c49-31-13-1-25(2-14-31)37-38(26-3-15-32(50)16-4-26)56-44-43(55-37)45-47(59-40(28-7-19-34(52)20-8-28)39(57-45)27-5-17-33(51)18-6-27)48-46(44)58-41(29-9-21-35(53)22-10-29)42(60-48)30-11-23-36(54)24-12-30/h1-24H. The van der Waals surface area contributed by atoms with Crippen molar-refractivity contribution in [2.45, 2.75) is 0 Å². The molecular formula is C48H24Br6N6. The lowest BCUT2D eigenvalue weighted by atomic mass is 10.0. The van der Waals surface area contributed by atoms with Crippen LogP contribution in [0.15, 0.2) is 172 Å². The maximum Gasteiger partial charge on any atom is 0.120 e. The van der Waals surface area contributed by atoms with E-state index in [4.69, 9.17) is 29.9 Å². The van der Waals surface area contributed by atoms with Gasteiger partial charge in [-0.05, 0) is 72.8 Å². The lowest BCUT2D eigenvalue weighted by molar-refractivity contribution is 1.24. The highest BCUT2D eigenvalue weighted by Crippen LogP contribution is 2.42. The molecule has 0 aliphatic heterocycles. The van der Waals surface area contributed by atoms with Crippen LogP contribution in [0.3, 0.4) is 0 Å². The maximum absolute atomic E-state index is 5.53. The maximum atomic E-state index is 5.53. The summed E-state index contributed by atoms with van der Waals surface area (Å²) in [4.78, 5) is 33.2. The summed E-state index contributed by atoms with van der Waals surface area (Å²) in [6.07, 6.45) is 0. The molecule has 0 fully saturated rings. The van der Waals surface area contributed by atoms with Crippen molar-refractivity contribution in [3.05, 3.63) is 172 Å². The Balaban J connectivity index is 1.41. The predicted octanol–water partition coefficient (Wildman–Crippen LogP) is 16.1. The molecule has 0 spiro atoms. The third-order valence-electron chi connectivity index (χ3n) is 10.1. The molecule has 0 aliphatic rings. The van der Waals surface area contributed by atoms with Gasteiger partial charge in [0.15, 0.2) is 0 Å². The van der Waals surface area contributed by atoms with Crippen LogP contribution in [0.2, 0.25) is 0 Å². The average molecular weight is 1160 g/mol. The second-order valence-electron chi connectivity index (χ2n) is 13.9.